The third-order valence-electron chi connectivity index (χ3n) is 7.55. The van der Waals surface area contributed by atoms with E-state index in [2.05, 4.69) is 10.3 Å². The van der Waals surface area contributed by atoms with Crippen molar-refractivity contribution < 1.29 is 12.8 Å². The van der Waals surface area contributed by atoms with Crippen LogP contribution in [-0.4, -0.2) is 52.6 Å². The first-order valence-corrected chi connectivity index (χ1v) is 13.3. The number of pyridine rings is 1. The molecule has 10 heteroatoms. The fourth-order valence-corrected chi connectivity index (χ4v) is 6.44. The topological polar surface area (TPSA) is 97.2 Å². The largest absolute Gasteiger partial charge is 0.351 e. The van der Waals surface area contributed by atoms with Crippen molar-refractivity contribution in [2.24, 2.45) is 5.41 Å². The van der Waals surface area contributed by atoms with Gasteiger partial charge in [-0.1, -0.05) is 6.42 Å². The quantitative estimate of drug-likeness (QED) is 0.732. The predicted octanol–water partition coefficient (Wildman–Crippen LogP) is 3.16. The van der Waals surface area contributed by atoms with E-state index in [1.54, 1.807) is 16.8 Å². The molecule has 2 aromatic heterocycles. The molecule has 2 aromatic rings. The summed E-state index contributed by atoms with van der Waals surface area (Å²) in [5.74, 6) is 0.423. The number of rotatable bonds is 5. The number of piperidine rings is 1. The van der Waals surface area contributed by atoms with Crippen LogP contribution >= 0.6 is 0 Å². The Balaban J connectivity index is 1.49. The van der Waals surface area contributed by atoms with Gasteiger partial charge < -0.3 is 5.32 Å². The fourth-order valence-electron chi connectivity index (χ4n) is 5.57. The Hall–Kier alpha value is -2.07. The van der Waals surface area contributed by atoms with Crippen LogP contribution < -0.4 is 10.9 Å². The Bertz CT molecular complexity index is 1200. The molecule has 1 N–H and O–H groups in total. The number of alkyl halides is 1. The normalized spacial score (nSPS) is 24.8. The van der Waals surface area contributed by atoms with Gasteiger partial charge in [0.1, 0.15) is 11.8 Å². The molecule has 2 atom stereocenters. The molecule has 0 bridgehead atoms. The zero-order valence-corrected chi connectivity index (χ0v) is 19.4. The lowest BCUT2D eigenvalue weighted by Crippen LogP contribution is -2.42. The second-order valence-corrected chi connectivity index (χ2v) is 11.7. The molecule has 3 fully saturated rings. The van der Waals surface area contributed by atoms with Gasteiger partial charge in [0.15, 0.2) is 0 Å². The number of nitrogens with zero attached hydrogens (tertiary/aromatic N) is 4. The number of sulfonamides is 1. The van der Waals surface area contributed by atoms with Crippen LogP contribution in [0.2, 0.25) is 0 Å². The van der Waals surface area contributed by atoms with Crippen molar-refractivity contribution in [1.82, 2.24) is 18.8 Å². The number of halogens is 1. The van der Waals surface area contributed by atoms with Gasteiger partial charge in [-0.3, -0.25) is 9.36 Å². The van der Waals surface area contributed by atoms with Crippen molar-refractivity contribution in [2.75, 3.05) is 24.7 Å². The lowest BCUT2D eigenvalue weighted by atomic mass is 9.99. The Labute approximate surface area is 187 Å². The average Bonchev–Trinajstić information content (AvgIpc) is 3.40. The third kappa shape index (κ3) is 3.81. The summed E-state index contributed by atoms with van der Waals surface area (Å²) in [6, 6.07) is 1.69. The van der Waals surface area contributed by atoms with E-state index < -0.39 is 16.2 Å². The molecule has 1 spiro atoms. The monoisotopic (exact) mass is 463 g/mol. The van der Waals surface area contributed by atoms with Crippen LogP contribution in [0, 0.1) is 5.41 Å². The molecule has 0 aromatic carbocycles. The summed E-state index contributed by atoms with van der Waals surface area (Å²) < 4.78 is 41.0. The van der Waals surface area contributed by atoms with E-state index in [0.717, 1.165) is 32.1 Å². The van der Waals surface area contributed by atoms with Crippen LogP contribution in [0.15, 0.2) is 17.1 Å². The maximum absolute atomic E-state index is 14.3. The minimum Gasteiger partial charge on any atom is -0.351 e. The Kier molecular flexibility index (Phi) is 5.28. The summed E-state index contributed by atoms with van der Waals surface area (Å²) in [4.78, 5) is 22.5. The first-order valence-electron chi connectivity index (χ1n) is 11.5. The van der Waals surface area contributed by atoms with Crippen LogP contribution in [0.1, 0.15) is 69.6 Å². The average molecular weight is 464 g/mol. The minimum atomic E-state index is -3.18. The molecule has 3 aliphatic rings. The number of anilines is 1. The van der Waals surface area contributed by atoms with Crippen LogP contribution in [0.3, 0.4) is 0 Å². The molecule has 3 heterocycles. The number of hydrogen-bond acceptors (Lipinski definition) is 6. The van der Waals surface area contributed by atoms with Gasteiger partial charge in [0.2, 0.25) is 16.0 Å². The van der Waals surface area contributed by atoms with Crippen LogP contribution in [-0.2, 0) is 10.0 Å². The standard InChI is InChI=1S/C22H30FN5O3S/c1-14(23)17-12-15-13-24-21(25-16-5-10-27(11-6-16)32(2,30)31)26-19(15)28(20(17)29)18-4-3-7-22(18)8-9-22/h12-14,16,18H,3-11H2,1-2H3,(H,24,25,26). The molecule has 2 unspecified atom stereocenters. The van der Waals surface area contributed by atoms with Gasteiger partial charge in [-0.25, -0.2) is 22.1 Å². The van der Waals surface area contributed by atoms with E-state index >= 15 is 0 Å². The molecular formula is C22H30FN5O3S. The molecule has 174 valence electrons. The van der Waals surface area contributed by atoms with Crippen molar-refractivity contribution in [3.05, 3.63) is 28.2 Å². The highest BCUT2D eigenvalue weighted by molar-refractivity contribution is 7.88. The fraction of sp³-hybridized carbons (Fsp3) is 0.682. The molecule has 1 saturated heterocycles. The summed E-state index contributed by atoms with van der Waals surface area (Å²) in [6.45, 7) is 2.31. The van der Waals surface area contributed by atoms with E-state index in [1.807, 2.05) is 0 Å². The highest BCUT2D eigenvalue weighted by Gasteiger charge is 2.53. The molecule has 2 aliphatic carbocycles. The van der Waals surface area contributed by atoms with E-state index in [9.17, 15) is 17.6 Å². The molecule has 5 rings (SSSR count). The van der Waals surface area contributed by atoms with Crippen LogP contribution in [0.4, 0.5) is 10.3 Å². The van der Waals surface area contributed by atoms with Crippen LogP contribution in [0.5, 0.6) is 0 Å². The molecule has 32 heavy (non-hydrogen) atoms. The van der Waals surface area contributed by atoms with Gasteiger partial charge in [-0.2, -0.15) is 4.98 Å². The second-order valence-electron chi connectivity index (χ2n) is 9.71. The highest BCUT2D eigenvalue weighted by Crippen LogP contribution is 2.63. The Morgan fingerprint density at radius 2 is 1.94 bits per heavy atom. The molecular weight excluding hydrogens is 433 g/mol. The van der Waals surface area contributed by atoms with Gasteiger partial charge in [-0.15, -0.1) is 0 Å². The maximum Gasteiger partial charge on any atom is 0.258 e. The number of fused-ring (bicyclic) bond motifs is 1. The van der Waals surface area contributed by atoms with E-state index in [-0.39, 0.29) is 28.6 Å². The molecule has 1 aliphatic heterocycles. The van der Waals surface area contributed by atoms with Gasteiger partial charge in [0, 0.05) is 36.8 Å². The Morgan fingerprint density at radius 1 is 1.22 bits per heavy atom. The van der Waals surface area contributed by atoms with Crippen LogP contribution in [0.25, 0.3) is 11.0 Å². The Morgan fingerprint density at radius 3 is 2.56 bits per heavy atom. The minimum absolute atomic E-state index is 0.0527. The zero-order chi connectivity index (χ0) is 22.7. The summed E-state index contributed by atoms with van der Waals surface area (Å²) in [7, 11) is -3.18. The third-order valence-corrected chi connectivity index (χ3v) is 8.85. The first kappa shape index (κ1) is 21.8. The van der Waals surface area contributed by atoms with E-state index in [1.165, 1.54) is 17.5 Å². The van der Waals surface area contributed by atoms with Gasteiger partial charge in [0.25, 0.3) is 5.56 Å². The van der Waals surface area contributed by atoms with Gasteiger partial charge >= 0.3 is 0 Å². The summed E-state index contributed by atoms with van der Waals surface area (Å²) in [5, 5.41) is 3.99. The summed E-state index contributed by atoms with van der Waals surface area (Å²) in [5.41, 5.74) is 0.601. The molecule has 0 radical (unpaired) electrons. The lowest BCUT2D eigenvalue weighted by Gasteiger charge is -2.30. The molecule has 0 amide bonds. The van der Waals surface area contributed by atoms with Gasteiger partial charge in [0.05, 0.1) is 11.8 Å². The molecule has 2 saturated carbocycles. The van der Waals surface area contributed by atoms with Gasteiger partial charge in [-0.05, 0) is 56.9 Å². The number of aromatic nitrogens is 3. The predicted molar refractivity (Wildman–Crippen MR) is 121 cm³/mol. The van der Waals surface area contributed by atoms with Crippen molar-refractivity contribution >= 4 is 27.0 Å². The SMILES string of the molecule is CC(F)c1cc2cnc(NC3CCN(S(C)(=O)=O)CC3)nc2n(C2CCCC23CC3)c1=O. The first-order chi connectivity index (χ1) is 15.2. The van der Waals surface area contributed by atoms with Crippen molar-refractivity contribution in [2.45, 2.75) is 70.1 Å². The summed E-state index contributed by atoms with van der Waals surface area (Å²) in [6.07, 6.45) is 8.16. The highest BCUT2D eigenvalue weighted by atomic mass is 32.2. The van der Waals surface area contributed by atoms with Crippen molar-refractivity contribution in [3.63, 3.8) is 0 Å². The van der Waals surface area contributed by atoms with Crippen molar-refractivity contribution in [3.8, 4) is 0 Å². The molecule has 8 nitrogen and oxygen atoms in total. The zero-order valence-electron chi connectivity index (χ0n) is 18.6. The van der Waals surface area contributed by atoms with E-state index in [0.29, 0.717) is 42.9 Å². The van der Waals surface area contributed by atoms with Crippen molar-refractivity contribution in [1.29, 1.82) is 0 Å². The lowest BCUT2D eigenvalue weighted by molar-refractivity contribution is 0.331. The van der Waals surface area contributed by atoms with E-state index in [4.69, 9.17) is 4.98 Å². The number of nitrogens with one attached hydrogen (secondary N) is 1. The maximum atomic E-state index is 14.3. The summed E-state index contributed by atoms with van der Waals surface area (Å²) >= 11 is 0. The second kappa shape index (κ2) is 7.76. The smallest absolute Gasteiger partial charge is 0.258 e. The number of hydrogen-bond donors (Lipinski definition) is 1.